The van der Waals surface area contributed by atoms with Crippen LogP contribution in [0.5, 0.6) is 0 Å². The fourth-order valence-electron chi connectivity index (χ4n) is 7.00. The lowest BCUT2D eigenvalue weighted by atomic mass is 9.43. The van der Waals surface area contributed by atoms with Crippen LogP contribution in [0.3, 0.4) is 0 Å². The van der Waals surface area contributed by atoms with Crippen LogP contribution in [0.15, 0.2) is 34.7 Å². The lowest BCUT2D eigenvalue weighted by Crippen LogP contribution is -2.65. The van der Waals surface area contributed by atoms with Crippen molar-refractivity contribution in [2.45, 2.75) is 84.2 Å². The quantitative estimate of drug-likeness (QED) is 0.393. The molecule has 6 heteroatoms. The molecule has 1 aromatic rings. The molecule has 2 aliphatic carbocycles. The summed E-state index contributed by atoms with van der Waals surface area (Å²) in [5, 5.41) is 0. The number of carbonyl (C=O) groups is 2. The van der Waals surface area contributed by atoms with Crippen LogP contribution < -0.4 is 0 Å². The monoisotopic (exact) mass is 428 g/mol. The summed E-state index contributed by atoms with van der Waals surface area (Å²) < 4.78 is 23.6. The van der Waals surface area contributed by atoms with Crippen molar-refractivity contribution in [2.24, 2.45) is 22.7 Å². The number of fused-ring (bicyclic) bond motifs is 4. The third kappa shape index (κ3) is 2.60. The van der Waals surface area contributed by atoms with E-state index in [1.165, 1.54) is 0 Å². The molecular weight excluding hydrogens is 396 g/mol. The molecule has 0 aromatic carbocycles. The zero-order chi connectivity index (χ0) is 22.2. The summed E-state index contributed by atoms with van der Waals surface area (Å²) in [7, 11) is 0. The van der Waals surface area contributed by atoms with Crippen LogP contribution in [0.2, 0.25) is 0 Å². The van der Waals surface area contributed by atoms with Crippen molar-refractivity contribution in [1.29, 1.82) is 0 Å². The second-order valence-corrected chi connectivity index (χ2v) is 10.3. The van der Waals surface area contributed by atoms with Gasteiger partial charge >= 0.3 is 11.9 Å². The van der Waals surface area contributed by atoms with Gasteiger partial charge in [0.15, 0.2) is 0 Å². The first kappa shape index (κ1) is 20.8. The Morgan fingerprint density at radius 3 is 2.74 bits per heavy atom. The van der Waals surface area contributed by atoms with Gasteiger partial charge in [0, 0.05) is 23.0 Å². The van der Waals surface area contributed by atoms with Gasteiger partial charge in [-0.3, -0.25) is 4.79 Å². The van der Waals surface area contributed by atoms with E-state index in [0.717, 1.165) is 18.4 Å². The molecule has 31 heavy (non-hydrogen) atoms. The standard InChI is InChI=1S/C25H32O6/c1-6-14(2)21(26)30-20-11-15(3)25(12-17(29-22(25)27)16-9-10-28-13-16)18-7-8-19-24(5,31-19)23(18,20)4/h6,9-10,13,15,17-20H,7-8,11-12H2,1-5H3/b14-6-/t15-,17-,18+,19-,20-,23-,24-,25-/m1/s1. The van der Waals surface area contributed by atoms with Gasteiger partial charge in [-0.05, 0) is 57.9 Å². The van der Waals surface area contributed by atoms with E-state index in [1.54, 1.807) is 25.5 Å². The molecule has 1 aromatic heterocycles. The topological polar surface area (TPSA) is 78.3 Å². The van der Waals surface area contributed by atoms with E-state index in [-0.39, 0.29) is 42.1 Å². The van der Waals surface area contributed by atoms with Crippen molar-refractivity contribution in [3.05, 3.63) is 35.8 Å². The van der Waals surface area contributed by atoms with Crippen molar-refractivity contribution in [3.63, 3.8) is 0 Å². The van der Waals surface area contributed by atoms with Crippen LogP contribution in [0.4, 0.5) is 0 Å². The van der Waals surface area contributed by atoms with E-state index >= 15 is 0 Å². The van der Waals surface area contributed by atoms with Crippen molar-refractivity contribution in [1.82, 2.24) is 0 Å². The highest BCUT2D eigenvalue weighted by Gasteiger charge is 2.78. The zero-order valence-corrected chi connectivity index (χ0v) is 19.0. The van der Waals surface area contributed by atoms with Crippen LogP contribution in [0, 0.1) is 22.7 Å². The van der Waals surface area contributed by atoms with Gasteiger partial charge in [-0.2, -0.15) is 0 Å². The van der Waals surface area contributed by atoms with E-state index in [1.807, 2.05) is 13.0 Å². The van der Waals surface area contributed by atoms with Gasteiger partial charge in [-0.1, -0.05) is 19.9 Å². The van der Waals surface area contributed by atoms with E-state index < -0.39 is 16.4 Å². The average molecular weight is 429 g/mol. The molecule has 2 aliphatic heterocycles. The number of allylic oxidation sites excluding steroid dienone is 1. The Morgan fingerprint density at radius 2 is 2.06 bits per heavy atom. The minimum atomic E-state index is -0.616. The molecule has 0 bridgehead atoms. The highest BCUT2D eigenvalue weighted by molar-refractivity contribution is 5.88. The molecule has 8 atom stereocenters. The fourth-order valence-corrected chi connectivity index (χ4v) is 7.00. The van der Waals surface area contributed by atoms with Gasteiger partial charge in [0.25, 0.3) is 0 Å². The molecule has 1 spiro atoms. The number of furan rings is 1. The molecule has 4 fully saturated rings. The Kier molecular flexibility index (Phi) is 4.50. The summed E-state index contributed by atoms with van der Waals surface area (Å²) in [5.74, 6) is -0.370. The summed E-state index contributed by atoms with van der Waals surface area (Å²) in [5.41, 5.74) is 0.0267. The lowest BCUT2D eigenvalue weighted by molar-refractivity contribution is -0.201. The molecule has 0 unspecified atom stereocenters. The minimum Gasteiger partial charge on any atom is -0.472 e. The molecule has 2 saturated carbocycles. The Hall–Kier alpha value is -2.08. The smallest absolute Gasteiger partial charge is 0.333 e. The first-order chi connectivity index (χ1) is 14.7. The van der Waals surface area contributed by atoms with Crippen molar-refractivity contribution < 1.29 is 28.2 Å². The van der Waals surface area contributed by atoms with Crippen LogP contribution in [-0.2, 0) is 23.8 Å². The molecule has 0 N–H and O–H groups in total. The maximum atomic E-state index is 13.6. The Labute approximate surface area is 183 Å². The highest BCUT2D eigenvalue weighted by atomic mass is 16.6. The Balaban J connectivity index is 1.55. The third-order valence-electron chi connectivity index (χ3n) is 9.26. The van der Waals surface area contributed by atoms with E-state index in [9.17, 15) is 9.59 Å². The Bertz CT molecular complexity index is 934. The van der Waals surface area contributed by atoms with Gasteiger partial charge in [0.05, 0.1) is 24.0 Å². The second kappa shape index (κ2) is 6.71. The van der Waals surface area contributed by atoms with Gasteiger partial charge in [0.2, 0.25) is 0 Å². The van der Waals surface area contributed by atoms with Gasteiger partial charge < -0.3 is 18.6 Å². The number of rotatable bonds is 3. The second-order valence-electron chi connectivity index (χ2n) is 10.3. The summed E-state index contributed by atoms with van der Waals surface area (Å²) in [4.78, 5) is 26.3. The number of carbonyl (C=O) groups excluding carboxylic acids is 2. The average Bonchev–Trinajstić information content (AvgIpc) is 3.09. The van der Waals surface area contributed by atoms with Crippen molar-refractivity contribution in [3.8, 4) is 0 Å². The molecular formula is C25H32O6. The van der Waals surface area contributed by atoms with Crippen molar-refractivity contribution >= 4 is 11.9 Å². The predicted molar refractivity (Wildman–Crippen MR) is 112 cm³/mol. The largest absolute Gasteiger partial charge is 0.472 e. The maximum Gasteiger partial charge on any atom is 0.333 e. The molecule has 6 nitrogen and oxygen atoms in total. The number of ether oxygens (including phenoxy) is 3. The van der Waals surface area contributed by atoms with Crippen LogP contribution in [0.25, 0.3) is 0 Å². The highest BCUT2D eigenvalue weighted by Crippen LogP contribution is 2.72. The van der Waals surface area contributed by atoms with Crippen LogP contribution >= 0.6 is 0 Å². The van der Waals surface area contributed by atoms with Gasteiger partial charge in [-0.25, -0.2) is 4.79 Å². The van der Waals surface area contributed by atoms with Crippen LogP contribution in [0.1, 0.15) is 72.0 Å². The summed E-state index contributed by atoms with van der Waals surface area (Å²) in [6.45, 7) is 10.0. The molecule has 0 amide bonds. The third-order valence-corrected chi connectivity index (χ3v) is 9.26. The molecule has 2 saturated heterocycles. The SMILES string of the molecule is C/C=C(/C)C(=O)O[C@@H]1C[C@@H](C)[C@]2(C[C@H](c3ccoc3)OC2=O)[C@H]2CC[C@H]3O[C@@]3(C)[C@]21C. The fraction of sp³-hybridized carbons (Fsp3) is 0.680. The van der Waals surface area contributed by atoms with E-state index in [0.29, 0.717) is 18.4 Å². The van der Waals surface area contributed by atoms with Crippen molar-refractivity contribution in [2.75, 3.05) is 0 Å². The number of hydrogen-bond donors (Lipinski definition) is 0. The zero-order valence-electron chi connectivity index (χ0n) is 19.0. The van der Waals surface area contributed by atoms with Crippen LogP contribution in [-0.4, -0.2) is 29.7 Å². The first-order valence-electron chi connectivity index (χ1n) is 11.4. The molecule has 0 radical (unpaired) electrons. The number of esters is 2. The summed E-state index contributed by atoms with van der Waals surface area (Å²) in [6, 6.07) is 1.87. The molecule has 3 heterocycles. The van der Waals surface area contributed by atoms with Gasteiger partial charge in [0.1, 0.15) is 17.8 Å². The minimum absolute atomic E-state index is 0.0145. The summed E-state index contributed by atoms with van der Waals surface area (Å²) in [6.07, 6.45) is 7.64. The lowest BCUT2D eigenvalue weighted by Gasteiger charge is -2.59. The summed E-state index contributed by atoms with van der Waals surface area (Å²) >= 11 is 0. The normalized spacial score (nSPS) is 46.3. The number of hydrogen-bond acceptors (Lipinski definition) is 6. The number of epoxide rings is 1. The molecule has 5 rings (SSSR count). The number of cyclic esters (lactones) is 1. The van der Waals surface area contributed by atoms with E-state index in [4.69, 9.17) is 18.6 Å². The predicted octanol–water partition coefficient (Wildman–Crippen LogP) is 4.75. The van der Waals surface area contributed by atoms with E-state index in [2.05, 4.69) is 20.8 Å². The van der Waals surface area contributed by atoms with Gasteiger partial charge in [-0.15, -0.1) is 0 Å². The molecule has 168 valence electrons. The molecule has 4 aliphatic rings. The first-order valence-corrected chi connectivity index (χ1v) is 11.4. The Morgan fingerprint density at radius 1 is 1.29 bits per heavy atom. The maximum absolute atomic E-state index is 13.6.